The van der Waals surface area contributed by atoms with Crippen molar-refractivity contribution in [3.63, 3.8) is 0 Å². The van der Waals surface area contributed by atoms with Crippen molar-refractivity contribution in [2.45, 2.75) is 0 Å². The Hall–Kier alpha value is -2.58. The quantitative estimate of drug-likeness (QED) is 0.631. The first kappa shape index (κ1) is 13.1. The maximum absolute atomic E-state index is 12.3. The van der Waals surface area contributed by atoms with Gasteiger partial charge < -0.3 is 5.32 Å². The molecule has 0 radical (unpaired) electrons. The van der Waals surface area contributed by atoms with E-state index >= 15 is 0 Å². The first-order valence-corrected chi connectivity index (χ1v) is 7.41. The molecule has 4 rings (SSSR count). The first-order valence-electron chi connectivity index (χ1n) is 7.03. The summed E-state index contributed by atoms with van der Waals surface area (Å²) in [5, 5.41) is 5.78. The van der Waals surface area contributed by atoms with Crippen molar-refractivity contribution < 1.29 is 4.79 Å². The van der Waals surface area contributed by atoms with E-state index in [1.165, 1.54) is 0 Å². The molecule has 0 saturated carbocycles. The molecule has 0 unspecified atom stereocenters. The molecule has 1 N–H and O–H groups in total. The minimum absolute atomic E-state index is 0.0924. The fourth-order valence-corrected chi connectivity index (χ4v) is 3.01. The van der Waals surface area contributed by atoms with Crippen molar-refractivity contribution in [1.29, 1.82) is 0 Å². The van der Waals surface area contributed by atoms with Gasteiger partial charge in [-0.25, -0.2) is 0 Å². The summed E-state index contributed by atoms with van der Waals surface area (Å²) in [7, 11) is 0. The van der Waals surface area contributed by atoms with E-state index in [2.05, 4.69) is 23.5 Å². The SMILES string of the molecule is O=C1Nc2ccc(Cl)cc2/C1=C/c1cccc2ccccc12. The number of nitrogens with one attached hydrogen (secondary N) is 1. The molecule has 1 aliphatic rings. The molecule has 0 spiro atoms. The van der Waals surface area contributed by atoms with Gasteiger partial charge in [0, 0.05) is 21.8 Å². The van der Waals surface area contributed by atoms with E-state index in [0.717, 1.165) is 27.6 Å². The van der Waals surface area contributed by atoms with Gasteiger partial charge in [-0.2, -0.15) is 0 Å². The van der Waals surface area contributed by atoms with Gasteiger partial charge in [-0.1, -0.05) is 54.1 Å². The van der Waals surface area contributed by atoms with E-state index in [-0.39, 0.29) is 5.91 Å². The molecular weight excluding hydrogens is 294 g/mol. The average molecular weight is 306 g/mol. The molecule has 22 heavy (non-hydrogen) atoms. The maximum Gasteiger partial charge on any atom is 0.256 e. The van der Waals surface area contributed by atoms with Crippen molar-refractivity contribution in [3.05, 3.63) is 76.8 Å². The third kappa shape index (κ3) is 2.09. The van der Waals surface area contributed by atoms with Crippen LogP contribution in [-0.4, -0.2) is 5.91 Å². The van der Waals surface area contributed by atoms with Gasteiger partial charge in [0.05, 0.1) is 0 Å². The van der Waals surface area contributed by atoms with Gasteiger partial charge >= 0.3 is 0 Å². The second kappa shape index (κ2) is 5.00. The molecule has 0 bridgehead atoms. The van der Waals surface area contributed by atoms with Crippen LogP contribution in [0.5, 0.6) is 0 Å². The number of halogens is 1. The Morgan fingerprint density at radius 2 is 1.77 bits per heavy atom. The normalized spacial score (nSPS) is 15.1. The third-order valence-corrected chi connectivity index (χ3v) is 4.12. The largest absolute Gasteiger partial charge is 0.321 e. The topological polar surface area (TPSA) is 29.1 Å². The first-order chi connectivity index (χ1) is 10.7. The Morgan fingerprint density at radius 3 is 2.68 bits per heavy atom. The lowest BCUT2D eigenvalue weighted by molar-refractivity contribution is -0.110. The number of benzene rings is 3. The summed E-state index contributed by atoms with van der Waals surface area (Å²) >= 11 is 6.07. The Kier molecular flexibility index (Phi) is 2.98. The van der Waals surface area contributed by atoms with Crippen LogP contribution < -0.4 is 5.32 Å². The summed E-state index contributed by atoms with van der Waals surface area (Å²) in [5.74, 6) is -0.0924. The molecule has 0 aliphatic carbocycles. The zero-order valence-corrected chi connectivity index (χ0v) is 12.4. The molecule has 0 saturated heterocycles. The van der Waals surface area contributed by atoms with Crippen LogP contribution in [0.15, 0.2) is 60.7 Å². The average Bonchev–Trinajstić information content (AvgIpc) is 2.83. The lowest BCUT2D eigenvalue weighted by Crippen LogP contribution is -2.03. The van der Waals surface area contributed by atoms with Crippen molar-refractivity contribution in [2.24, 2.45) is 0 Å². The van der Waals surface area contributed by atoms with Gasteiger partial charge in [-0.05, 0) is 40.6 Å². The van der Waals surface area contributed by atoms with Crippen molar-refractivity contribution in [3.8, 4) is 0 Å². The van der Waals surface area contributed by atoms with Crippen LogP contribution in [0.4, 0.5) is 5.69 Å². The van der Waals surface area contributed by atoms with Crippen LogP contribution in [0, 0.1) is 0 Å². The predicted molar refractivity (Wildman–Crippen MR) is 91.9 cm³/mol. The highest BCUT2D eigenvalue weighted by molar-refractivity contribution is 6.37. The minimum Gasteiger partial charge on any atom is -0.321 e. The molecule has 0 aromatic heterocycles. The van der Waals surface area contributed by atoms with Gasteiger partial charge in [0.1, 0.15) is 0 Å². The van der Waals surface area contributed by atoms with Crippen LogP contribution in [0.2, 0.25) is 5.02 Å². The van der Waals surface area contributed by atoms with Crippen LogP contribution in [0.1, 0.15) is 11.1 Å². The van der Waals surface area contributed by atoms with E-state index < -0.39 is 0 Å². The lowest BCUT2D eigenvalue weighted by Gasteiger charge is -2.04. The number of fused-ring (bicyclic) bond motifs is 2. The van der Waals surface area contributed by atoms with E-state index in [4.69, 9.17) is 11.6 Å². The number of anilines is 1. The number of carbonyl (C=O) groups is 1. The summed E-state index contributed by atoms with van der Waals surface area (Å²) in [6.07, 6.45) is 1.93. The fourth-order valence-electron chi connectivity index (χ4n) is 2.84. The molecule has 3 aromatic rings. The Morgan fingerprint density at radius 1 is 0.955 bits per heavy atom. The second-order valence-electron chi connectivity index (χ2n) is 5.27. The van der Waals surface area contributed by atoms with Gasteiger partial charge in [0.25, 0.3) is 5.91 Å². The highest BCUT2D eigenvalue weighted by Crippen LogP contribution is 2.35. The molecule has 106 valence electrons. The summed E-state index contributed by atoms with van der Waals surface area (Å²) < 4.78 is 0. The number of hydrogen-bond acceptors (Lipinski definition) is 1. The molecule has 1 amide bonds. The molecule has 0 fully saturated rings. The van der Waals surface area contributed by atoms with Crippen molar-refractivity contribution in [1.82, 2.24) is 0 Å². The van der Waals surface area contributed by atoms with E-state index in [9.17, 15) is 4.79 Å². The highest BCUT2D eigenvalue weighted by Gasteiger charge is 2.24. The summed E-state index contributed by atoms with van der Waals surface area (Å²) in [5.41, 5.74) is 3.33. The summed E-state index contributed by atoms with van der Waals surface area (Å²) in [4.78, 5) is 12.3. The van der Waals surface area contributed by atoms with Crippen molar-refractivity contribution in [2.75, 3.05) is 5.32 Å². The number of rotatable bonds is 1. The Labute approximate surface area is 133 Å². The Balaban J connectivity index is 1.93. The summed E-state index contributed by atoms with van der Waals surface area (Å²) in [6.45, 7) is 0. The van der Waals surface area contributed by atoms with E-state index in [1.807, 2.05) is 42.5 Å². The molecular formula is C19H12ClNO. The Bertz CT molecular complexity index is 938. The van der Waals surface area contributed by atoms with Crippen LogP contribution in [-0.2, 0) is 4.79 Å². The second-order valence-corrected chi connectivity index (χ2v) is 5.71. The number of amides is 1. The highest BCUT2D eigenvalue weighted by atomic mass is 35.5. The number of hydrogen-bond donors (Lipinski definition) is 1. The molecule has 3 heteroatoms. The molecule has 2 nitrogen and oxygen atoms in total. The fraction of sp³-hybridized carbons (Fsp3) is 0. The van der Waals surface area contributed by atoms with Crippen molar-refractivity contribution >= 4 is 45.6 Å². The smallest absolute Gasteiger partial charge is 0.256 e. The van der Waals surface area contributed by atoms with Gasteiger partial charge in [-0.15, -0.1) is 0 Å². The standard InChI is InChI=1S/C19H12ClNO/c20-14-8-9-18-16(11-14)17(19(22)21-18)10-13-6-3-5-12-4-1-2-7-15(12)13/h1-11H,(H,21,22)/b17-10-. The van der Waals surface area contributed by atoms with E-state index in [0.29, 0.717) is 10.6 Å². The van der Waals surface area contributed by atoms with Crippen LogP contribution >= 0.6 is 11.6 Å². The van der Waals surface area contributed by atoms with E-state index in [1.54, 1.807) is 6.07 Å². The number of carbonyl (C=O) groups excluding carboxylic acids is 1. The molecule has 1 aliphatic heterocycles. The molecule has 3 aromatic carbocycles. The zero-order chi connectivity index (χ0) is 15.1. The van der Waals surface area contributed by atoms with Crippen LogP contribution in [0.25, 0.3) is 22.4 Å². The third-order valence-electron chi connectivity index (χ3n) is 3.89. The predicted octanol–water partition coefficient (Wildman–Crippen LogP) is 4.99. The lowest BCUT2D eigenvalue weighted by atomic mass is 10.00. The minimum atomic E-state index is -0.0924. The molecule has 0 atom stereocenters. The van der Waals surface area contributed by atoms with Gasteiger partial charge in [0.2, 0.25) is 0 Å². The van der Waals surface area contributed by atoms with Crippen LogP contribution in [0.3, 0.4) is 0 Å². The monoisotopic (exact) mass is 305 g/mol. The molecule has 1 heterocycles. The maximum atomic E-state index is 12.3. The van der Waals surface area contributed by atoms with Gasteiger partial charge in [-0.3, -0.25) is 4.79 Å². The zero-order valence-electron chi connectivity index (χ0n) is 11.6. The van der Waals surface area contributed by atoms with Gasteiger partial charge in [0.15, 0.2) is 0 Å². The summed E-state index contributed by atoms with van der Waals surface area (Å²) in [6, 6.07) is 19.7.